The van der Waals surface area contributed by atoms with Gasteiger partial charge in [0, 0.05) is 24.7 Å². The Bertz CT molecular complexity index is 1170. The van der Waals surface area contributed by atoms with Gasteiger partial charge in [-0.25, -0.2) is 4.68 Å². The summed E-state index contributed by atoms with van der Waals surface area (Å²) >= 11 is 9.04. The minimum Gasteiger partial charge on any atom is -0.410 e. The molecule has 2 N–H and O–H groups in total. The number of aliphatic hydroxyl groups excluding tert-OH is 2. The Hall–Kier alpha value is -2.45. The zero-order valence-electron chi connectivity index (χ0n) is 16.6. The molecule has 4 aromatic rings. The van der Waals surface area contributed by atoms with Gasteiger partial charge < -0.3 is 19.0 Å². The van der Waals surface area contributed by atoms with Gasteiger partial charge in [0.05, 0.1) is 10.7 Å². The SMILES string of the molecule is OCCCSc1nnc(-c2nnn(-c3ccccc3Cl)c2-c2nnc(SCCCO)o2)o1. The molecule has 32 heavy (non-hydrogen) atoms. The van der Waals surface area contributed by atoms with E-state index in [4.69, 9.17) is 30.6 Å². The van der Waals surface area contributed by atoms with Gasteiger partial charge in [0.1, 0.15) is 0 Å². The van der Waals surface area contributed by atoms with Crippen LogP contribution >= 0.6 is 35.1 Å². The van der Waals surface area contributed by atoms with Gasteiger partial charge in [0.2, 0.25) is 0 Å². The van der Waals surface area contributed by atoms with Crippen molar-refractivity contribution in [2.75, 3.05) is 24.7 Å². The highest BCUT2D eigenvalue weighted by molar-refractivity contribution is 7.99. The Balaban J connectivity index is 1.73. The molecule has 0 aliphatic heterocycles. The molecule has 0 radical (unpaired) electrons. The largest absolute Gasteiger partial charge is 0.410 e. The highest BCUT2D eigenvalue weighted by atomic mass is 35.5. The molecule has 0 unspecified atom stereocenters. The van der Waals surface area contributed by atoms with E-state index < -0.39 is 0 Å². The number of aromatic nitrogens is 7. The molecule has 0 spiro atoms. The molecule has 0 bridgehead atoms. The molecule has 11 nitrogen and oxygen atoms in total. The first-order chi connectivity index (χ1) is 15.7. The fourth-order valence-electron chi connectivity index (χ4n) is 2.59. The minimum absolute atomic E-state index is 0.0805. The summed E-state index contributed by atoms with van der Waals surface area (Å²) in [6.45, 7) is 0.164. The molecule has 14 heteroatoms. The summed E-state index contributed by atoms with van der Waals surface area (Å²) in [5, 5.41) is 43.8. The molecule has 0 fully saturated rings. The number of halogens is 1. The fraction of sp³-hybridized carbons (Fsp3) is 0.333. The lowest BCUT2D eigenvalue weighted by Crippen LogP contribution is -2.00. The standard InChI is InChI=1S/C18H18ClN7O4S2/c19-11-5-1-2-6-12(11)26-14(16-22-24-18(30-16)32-10-4-8-28)13(20-25-26)15-21-23-17(29-15)31-9-3-7-27/h1-2,5-6,27-28H,3-4,7-10H2. The molecular weight excluding hydrogens is 478 g/mol. The van der Waals surface area contributed by atoms with Gasteiger partial charge in [0.25, 0.3) is 22.2 Å². The number of thioether (sulfide) groups is 2. The highest BCUT2D eigenvalue weighted by Gasteiger charge is 2.27. The Kier molecular flexibility index (Phi) is 7.76. The topological polar surface area (TPSA) is 149 Å². The van der Waals surface area contributed by atoms with E-state index in [-0.39, 0.29) is 30.7 Å². The Morgan fingerprint density at radius 2 is 1.47 bits per heavy atom. The smallest absolute Gasteiger partial charge is 0.276 e. The highest BCUT2D eigenvalue weighted by Crippen LogP contribution is 2.34. The lowest BCUT2D eigenvalue weighted by molar-refractivity contribution is 0.296. The number of hydrogen-bond acceptors (Lipinski definition) is 12. The van der Waals surface area contributed by atoms with Crippen LogP contribution < -0.4 is 0 Å². The molecule has 3 heterocycles. The van der Waals surface area contributed by atoms with Crippen LogP contribution in [0.2, 0.25) is 5.02 Å². The molecule has 0 atom stereocenters. The normalized spacial score (nSPS) is 11.3. The lowest BCUT2D eigenvalue weighted by atomic mass is 10.2. The fourth-order valence-corrected chi connectivity index (χ4v) is 4.17. The zero-order valence-corrected chi connectivity index (χ0v) is 19.0. The van der Waals surface area contributed by atoms with E-state index in [2.05, 4.69) is 30.7 Å². The third kappa shape index (κ3) is 5.13. The van der Waals surface area contributed by atoms with E-state index in [1.165, 1.54) is 28.2 Å². The van der Waals surface area contributed by atoms with Crippen molar-refractivity contribution in [2.45, 2.75) is 23.3 Å². The number of benzene rings is 1. The van der Waals surface area contributed by atoms with Crippen molar-refractivity contribution in [1.82, 2.24) is 35.4 Å². The Morgan fingerprint density at radius 3 is 2.12 bits per heavy atom. The summed E-state index contributed by atoms with van der Waals surface area (Å²) in [6, 6.07) is 7.13. The van der Waals surface area contributed by atoms with Gasteiger partial charge in [-0.15, -0.1) is 25.5 Å². The minimum atomic E-state index is 0.0805. The van der Waals surface area contributed by atoms with E-state index in [9.17, 15) is 0 Å². The first-order valence-electron chi connectivity index (χ1n) is 9.57. The molecule has 0 aliphatic carbocycles. The van der Waals surface area contributed by atoms with Gasteiger partial charge in [-0.3, -0.25) is 0 Å². The Morgan fingerprint density at radius 1 is 0.844 bits per heavy atom. The zero-order chi connectivity index (χ0) is 22.3. The monoisotopic (exact) mass is 495 g/mol. The maximum absolute atomic E-state index is 8.97. The van der Waals surface area contributed by atoms with Gasteiger partial charge in [0.15, 0.2) is 11.4 Å². The van der Waals surface area contributed by atoms with Crippen LogP contribution in [0.15, 0.2) is 43.5 Å². The number of para-hydroxylation sites is 1. The van der Waals surface area contributed by atoms with Crippen LogP contribution in [-0.2, 0) is 0 Å². The molecule has 3 aromatic heterocycles. The second kappa shape index (κ2) is 10.9. The summed E-state index contributed by atoms with van der Waals surface area (Å²) in [7, 11) is 0. The van der Waals surface area contributed by atoms with Crippen LogP contribution in [0.4, 0.5) is 0 Å². The van der Waals surface area contributed by atoms with Crippen molar-refractivity contribution >= 4 is 35.1 Å². The number of rotatable bonds is 11. The third-order valence-corrected chi connectivity index (χ3v) is 6.15. The van der Waals surface area contributed by atoms with Gasteiger partial charge in [-0.05, 0) is 25.0 Å². The van der Waals surface area contributed by atoms with E-state index >= 15 is 0 Å². The van der Waals surface area contributed by atoms with Gasteiger partial charge >= 0.3 is 0 Å². The summed E-state index contributed by atoms with van der Waals surface area (Å²) in [5.41, 5.74) is 1.19. The molecule has 0 saturated heterocycles. The summed E-state index contributed by atoms with van der Waals surface area (Å²) in [5.74, 6) is 1.56. The van der Waals surface area contributed by atoms with E-state index in [0.717, 1.165) is 0 Å². The second-order valence-corrected chi connectivity index (χ2v) is 8.75. The van der Waals surface area contributed by atoms with E-state index in [1.807, 2.05) is 6.07 Å². The maximum atomic E-state index is 8.97. The van der Waals surface area contributed by atoms with Crippen LogP contribution in [0.25, 0.3) is 28.9 Å². The van der Waals surface area contributed by atoms with Crippen LogP contribution in [0.3, 0.4) is 0 Å². The molecule has 168 valence electrons. The van der Waals surface area contributed by atoms with Gasteiger partial charge in [-0.1, -0.05) is 52.5 Å². The molecule has 4 rings (SSSR count). The predicted molar refractivity (Wildman–Crippen MR) is 118 cm³/mol. The summed E-state index contributed by atoms with van der Waals surface area (Å²) in [4.78, 5) is 0. The number of nitrogens with zero attached hydrogens (tertiary/aromatic N) is 7. The molecule has 0 saturated carbocycles. The van der Waals surface area contributed by atoms with E-state index in [0.29, 0.717) is 51.2 Å². The number of hydrogen-bond donors (Lipinski definition) is 2. The van der Waals surface area contributed by atoms with Crippen LogP contribution in [0.1, 0.15) is 12.8 Å². The van der Waals surface area contributed by atoms with Crippen LogP contribution in [-0.4, -0.2) is 70.3 Å². The Labute approximate surface area is 195 Å². The van der Waals surface area contributed by atoms with Crippen molar-refractivity contribution in [3.63, 3.8) is 0 Å². The second-order valence-electron chi connectivity index (χ2n) is 6.25. The average Bonchev–Trinajstić information content (AvgIpc) is 3.53. The van der Waals surface area contributed by atoms with Crippen LogP contribution in [0.5, 0.6) is 0 Å². The molecule has 1 aromatic carbocycles. The van der Waals surface area contributed by atoms with Crippen molar-refractivity contribution in [3.05, 3.63) is 29.3 Å². The van der Waals surface area contributed by atoms with Crippen molar-refractivity contribution in [2.24, 2.45) is 0 Å². The third-order valence-electron chi connectivity index (χ3n) is 4.02. The predicted octanol–water partition coefficient (Wildman–Crippen LogP) is 2.97. The molecule has 0 aliphatic rings. The first-order valence-corrected chi connectivity index (χ1v) is 11.9. The van der Waals surface area contributed by atoms with Crippen molar-refractivity contribution in [3.8, 4) is 28.9 Å². The van der Waals surface area contributed by atoms with Crippen molar-refractivity contribution in [1.29, 1.82) is 0 Å². The first kappa shape index (κ1) is 22.7. The van der Waals surface area contributed by atoms with Crippen molar-refractivity contribution < 1.29 is 19.0 Å². The molecule has 0 amide bonds. The summed E-state index contributed by atoms with van der Waals surface area (Å²) < 4.78 is 13.0. The number of aliphatic hydroxyl groups is 2. The van der Waals surface area contributed by atoms with Gasteiger partial charge in [-0.2, -0.15) is 0 Å². The average molecular weight is 496 g/mol. The quantitative estimate of drug-likeness (QED) is 0.232. The van der Waals surface area contributed by atoms with Crippen LogP contribution in [0, 0.1) is 0 Å². The van der Waals surface area contributed by atoms with E-state index in [1.54, 1.807) is 18.2 Å². The lowest BCUT2D eigenvalue weighted by Gasteiger charge is -2.05. The molecular formula is C18H18ClN7O4S2. The maximum Gasteiger partial charge on any atom is 0.276 e. The summed E-state index contributed by atoms with van der Waals surface area (Å²) in [6.07, 6.45) is 1.21.